The van der Waals surface area contributed by atoms with Crippen molar-refractivity contribution in [3.63, 3.8) is 0 Å². The highest BCUT2D eigenvalue weighted by Crippen LogP contribution is 2.36. The molecule has 0 saturated heterocycles. The fourth-order valence-electron chi connectivity index (χ4n) is 1.38. The smallest absolute Gasteiger partial charge is 0.326 e. The largest absolute Gasteiger partial charge is 0.480 e. The number of hydrogen-bond acceptors (Lipinski definition) is 5. The van der Waals surface area contributed by atoms with Crippen LogP contribution in [0.3, 0.4) is 0 Å². The number of hydrogen-bond donors (Lipinski definition) is 3. The molecule has 1 unspecified atom stereocenters. The van der Waals surface area contributed by atoms with E-state index in [0.29, 0.717) is 25.9 Å². The molecule has 5 nitrogen and oxygen atoms in total. The Morgan fingerprint density at radius 2 is 1.95 bits per heavy atom. The fourth-order valence-corrected chi connectivity index (χ4v) is 3.04. The van der Waals surface area contributed by atoms with Gasteiger partial charge in [-0.05, 0) is 12.1 Å². The first-order chi connectivity index (χ1) is 9.38. The van der Waals surface area contributed by atoms with Gasteiger partial charge in [-0.15, -0.1) is 11.3 Å². The van der Waals surface area contributed by atoms with Crippen LogP contribution < -0.4 is 11.1 Å². The average molecular weight is 353 g/mol. The molecule has 0 spiro atoms. The van der Waals surface area contributed by atoms with Crippen molar-refractivity contribution in [1.82, 2.24) is 4.98 Å². The number of aromatic nitrogens is 1. The van der Waals surface area contributed by atoms with Crippen molar-refractivity contribution in [2.45, 2.75) is 6.04 Å². The summed E-state index contributed by atoms with van der Waals surface area (Å²) in [5, 5.41) is 14.8. The molecule has 2 aromatic rings. The van der Waals surface area contributed by atoms with Gasteiger partial charge in [0, 0.05) is 10.4 Å². The molecule has 1 atom stereocenters. The second-order valence-corrected chi connectivity index (χ2v) is 5.87. The molecule has 2 rings (SSSR count). The van der Waals surface area contributed by atoms with Crippen LogP contribution >= 0.6 is 46.1 Å². The number of benzene rings is 1. The van der Waals surface area contributed by atoms with Gasteiger partial charge in [0.05, 0.1) is 21.4 Å². The summed E-state index contributed by atoms with van der Waals surface area (Å²) >= 11 is 19.1. The van der Waals surface area contributed by atoms with E-state index < -0.39 is 12.0 Å². The van der Waals surface area contributed by atoms with Gasteiger partial charge in [-0.25, -0.2) is 4.98 Å². The van der Waals surface area contributed by atoms with Crippen molar-refractivity contribution in [3.05, 3.63) is 38.3 Å². The van der Waals surface area contributed by atoms with Crippen LogP contribution in [0.2, 0.25) is 15.1 Å². The van der Waals surface area contributed by atoms with Crippen LogP contribution in [0.1, 0.15) is 11.7 Å². The van der Waals surface area contributed by atoms with E-state index in [9.17, 15) is 4.79 Å². The maximum atomic E-state index is 10.8. The molecule has 1 aromatic heterocycles. The van der Waals surface area contributed by atoms with Crippen LogP contribution in [0.5, 0.6) is 0 Å². The van der Waals surface area contributed by atoms with Crippen LogP contribution in [-0.2, 0) is 4.79 Å². The summed E-state index contributed by atoms with van der Waals surface area (Å²) in [6.45, 7) is 0. The molecule has 9 heteroatoms. The van der Waals surface area contributed by atoms with E-state index >= 15 is 0 Å². The molecule has 1 heterocycles. The SMILES string of the molecule is NC(C(=O)O)c1csc(Nc2c(Cl)cc(Cl)cc2Cl)n1. The summed E-state index contributed by atoms with van der Waals surface area (Å²) in [5.41, 5.74) is 6.17. The first-order valence-corrected chi connectivity index (χ1v) is 7.25. The first kappa shape index (κ1) is 15.3. The molecule has 20 heavy (non-hydrogen) atoms. The third-order valence-corrected chi connectivity index (χ3v) is 3.94. The van der Waals surface area contributed by atoms with Gasteiger partial charge in [-0.3, -0.25) is 4.79 Å². The maximum absolute atomic E-state index is 10.8. The Balaban J connectivity index is 2.25. The fraction of sp³-hybridized carbons (Fsp3) is 0.0909. The molecule has 106 valence electrons. The van der Waals surface area contributed by atoms with Gasteiger partial charge < -0.3 is 16.2 Å². The number of aliphatic carboxylic acids is 1. The van der Waals surface area contributed by atoms with Crippen LogP contribution in [0.15, 0.2) is 17.5 Å². The number of nitrogens with two attached hydrogens (primary N) is 1. The molecule has 0 aliphatic rings. The molecule has 0 radical (unpaired) electrons. The van der Waals surface area contributed by atoms with Crippen molar-refractivity contribution >= 4 is 62.9 Å². The molecule has 0 aliphatic carbocycles. The average Bonchev–Trinajstić information content (AvgIpc) is 2.81. The normalized spacial score (nSPS) is 12.2. The van der Waals surface area contributed by atoms with Gasteiger partial charge in [0.2, 0.25) is 0 Å². The number of halogens is 3. The number of anilines is 2. The molecular formula is C11H8Cl3N3O2S. The Morgan fingerprint density at radius 3 is 2.50 bits per heavy atom. The molecule has 1 aromatic carbocycles. The zero-order chi connectivity index (χ0) is 14.9. The number of nitrogens with zero attached hydrogens (tertiary/aromatic N) is 1. The Morgan fingerprint density at radius 1 is 1.35 bits per heavy atom. The highest BCUT2D eigenvalue weighted by atomic mass is 35.5. The highest BCUT2D eigenvalue weighted by molar-refractivity contribution is 7.13. The number of carboxylic acids is 1. The minimum atomic E-state index is -1.17. The molecule has 0 fully saturated rings. The van der Waals surface area contributed by atoms with Gasteiger partial charge >= 0.3 is 5.97 Å². The van der Waals surface area contributed by atoms with E-state index in [1.165, 1.54) is 23.5 Å². The minimum absolute atomic E-state index is 0.256. The lowest BCUT2D eigenvalue weighted by atomic mass is 10.2. The van der Waals surface area contributed by atoms with Crippen LogP contribution in [0.4, 0.5) is 10.8 Å². The lowest BCUT2D eigenvalue weighted by Gasteiger charge is -2.08. The van der Waals surface area contributed by atoms with Crippen molar-refractivity contribution in [1.29, 1.82) is 0 Å². The van der Waals surface area contributed by atoms with Crippen molar-refractivity contribution in [2.24, 2.45) is 5.73 Å². The Bertz CT molecular complexity index is 639. The topological polar surface area (TPSA) is 88.2 Å². The molecule has 4 N–H and O–H groups in total. The summed E-state index contributed by atoms with van der Waals surface area (Å²) < 4.78 is 0. The van der Waals surface area contributed by atoms with Gasteiger partial charge in [0.15, 0.2) is 5.13 Å². The van der Waals surface area contributed by atoms with Crippen LogP contribution in [0, 0.1) is 0 Å². The first-order valence-electron chi connectivity index (χ1n) is 5.24. The second kappa shape index (κ2) is 6.15. The highest BCUT2D eigenvalue weighted by Gasteiger charge is 2.18. The zero-order valence-electron chi connectivity index (χ0n) is 9.73. The minimum Gasteiger partial charge on any atom is -0.480 e. The third-order valence-electron chi connectivity index (χ3n) is 2.35. The number of thiazole rings is 1. The second-order valence-electron chi connectivity index (χ2n) is 3.76. The van der Waals surface area contributed by atoms with E-state index in [-0.39, 0.29) is 5.69 Å². The molecule has 0 amide bonds. The predicted molar refractivity (Wildman–Crippen MR) is 81.4 cm³/mol. The number of nitrogens with one attached hydrogen (secondary N) is 1. The van der Waals surface area contributed by atoms with Gasteiger partial charge in [0.25, 0.3) is 0 Å². The molecular weight excluding hydrogens is 345 g/mol. The van der Waals surface area contributed by atoms with E-state index in [2.05, 4.69) is 10.3 Å². The van der Waals surface area contributed by atoms with Crippen molar-refractivity contribution < 1.29 is 9.90 Å². The van der Waals surface area contributed by atoms with E-state index in [4.69, 9.17) is 45.6 Å². The lowest BCUT2D eigenvalue weighted by molar-refractivity contribution is -0.138. The Labute approximate surface area is 133 Å². The van der Waals surface area contributed by atoms with E-state index in [0.717, 1.165) is 0 Å². The molecule has 0 bridgehead atoms. The van der Waals surface area contributed by atoms with Crippen LogP contribution in [0.25, 0.3) is 0 Å². The third kappa shape index (κ3) is 3.34. The Hall–Kier alpha value is -1.05. The van der Waals surface area contributed by atoms with Crippen LogP contribution in [-0.4, -0.2) is 16.1 Å². The van der Waals surface area contributed by atoms with Crippen molar-refractivity contribution in [3.8, 4) is 0 Å². The summed E-state index contributed by atoms with van der Waals surface area (Å²) in [6.07, 6.45) is 0. The monoisotopic (exact) mass is 351 g/mol. The summed E-state index contributed by atoms with van der Waals surface area (Å²) in [7, 11) is 0. The number of carboxylic acid groups (broad SMARTS) is 1. The van der Waals surface area contributed by atoms with E-state index in [1.54, 1.807) is 5.38 Å². The quantitative estimate of drug-likeness (QED) is 0.776. The van der Waals surface area contributed by atoms with Gasteiger partial charge in [0.1, 0.15) is 6.04 Å². The standard InChI is InChI=1S/C11H8Cl3N3O2S/c12-4-1-5(13)9(6(14)2-4)17-11-16-7(3-20-11)8(15)10(18)19/h1-3,8H,15H2,(H,16,17)(H,18,19). The van der Waals surface area contributed by atoms with Crippen molar-refractivity contribution in [2.75, 3.05) is 5.32 Å². The maximum Gasteiger partial charge on any atom is 0.326 e. The predicted octanol–water partition coefficient (Wildman–Crippen LogP) is 3.93. The Kier molecular flexibility index (Phi) is 4.72. The summed E-state index contributed by atoms with van der Waals surface area (Å²) in [6, 6.07) is 1.90. The zero-order valence-corrected chi connectivity index (χ0v) is 12.8. The number of carbonyl (C=O) groups is 1. The number of rotatable bonds is 4. The van der Waals surface area contributed by atoms with E-state index in [1.807, 2.05) is 0 Å². The molecule has 0 saturated carbocycles. The summed E-state index contributed by atoms with van der Waals surface area (Å²) in [4.78, 5) is 14.9. The van der Waals surface area contributed by atoms with Gasteiger partial charge in [-0.1, -0.05) is 34.8 Å². The lowest BCUT2D eigenvalue weighted by Crippen LogP contribution is -2.20. The summed E-state index contributed by atoms with van der Waals surface area (Å²) in [5.74, 6) is -1.15. The van der Waals surface area contributed by atoms with Gasteiger partial charge in [-0.2, -0.15) is 0 Å². The molecule has 0 aliphatic heterocycles.